The van der Waals surface area contributed by atoms with Crippen LogP contribution in [0.3, 0.4) is 0 Å². The molecular weight excluding hydrogens is 420 g/mol. The van der Waals surface area contributed by atoms with E-state index in [1.54, 1.807) is 0 Å². The molecule has 0 fully saturated rings. The molecule has 0 spiro atoms. The van der Waals surface area contributed by atoms with Crippen molar-refractivity contribution < 1.29 is 19.0 Å². The molecule has 0 atom stereocenters. The van der Waals surface area contributed by atoms with Gasteiger partial charge in [-0.3, -0.25) is 4.79 Å². The Hall–Kier alpha value is -3.16. The summed E-state index contributed by atoms with van der Waals surface area (Å²) >= 11 is 0. The Labute approximate surface area is 192 Å². The summed E-state index contributed by atoms with van der Waals surface area (Å²) in [5.74, 6) is -0.0818. The lowest BCUT2D eigenvalue weighted by molar-refractivity contribution is 0.0166. The van der Waals surface area contributed by atoms with Crippen LogP contribution in [-0.2, 0) is 20.6 Å². The molecule has 8 nitrogen and oxygen atoms in total. The summed E-state index contributed by atoms with van der Waals surface area (Å²) in [5.41, 5.74) is 14.0. The average Bonchev–Trinajstić information content (AvgIpc) is 2.85. The molecule has 0 aromatic heterocycles. The molecule has 8 heteroatoms. The minimum atomic E-state index is -0.0818. The molecule has 2 aliphatic rings. The Bertz CT molecular complexity index is 1120. The summed E-state index contributed by atoms with van der Waals surface area (Å²) in [6.45, 7) is 3.36. The largest absolute Gasteiger partial charge is 0.379 e. The SMILES string of the molecule is [N-]=[N+]=NCCOCCOCCOCCNC(=O)c1ccc2c3c4c(ccc13)C=CCC4=CC2. The predicted molar refractivity (Wildman–Crippen MR) is 128 cm³/mol. The van der Waals surface area contributed by atoms with Crippen LogP contribution in [0.5, 0.6) is 0 Å². The number of carbonyl (C=O) groups excluding carboxylic acids is 1. The third-order valence-corrected chi connectivity index (χ3v) is 5.74. The molecule has 2 aromatic carbocycles. The van der Waals surface area contributed by atoms with Crippen LogP contribution in [0.2, 0.25) is 0 Å². The number of amides is 1. The predicted octanol–water partition coefficient (Wildman–Crippen LogP) is 4.29. The van der Waals surface area contributed by atoms with Gasteiger partial charge in [0.05, 0.1) is 39.6 Å². The van der Waals surface area contributed by atoms with E-state index >= 15 is 0 Å². The normalized spacial score (nSPS) is 13.5. The molecule has 0 saturated carbocycles. The van der Waals surface area contributed by atoms with Gasteiger partial charge in [0.1, 0.15) is 0 Å². The highest BCUT2D eigenvalue weighted by molar-refractivity contribution is 6.12. The van der Waals surface area contributed by atoms with Crippen molar-refractivity contribution in [1.82, 2.24) is 5.32 Å². The molecule has 0 aliphatic heterocycles. The molecule has 1 amide bonds. The monoisotopic (exact) mass is 448 g/mol. The standard InChI is InChI=1S/C25H28N4O4/c26-29-28-11-13-32-15-17-33-16-14-31-12-10-27-25(30)22-9-7-20-5-4-18-2-1-3-19-6-8-21(22)24(20)23(18)19/h1,3-4,6-9H,2,5,10-17H2,(H,27,30). The van der Waals surface area contributed by atoms with Gasteiger partial charge in [-0.2, -0.15) is 0 Å². The summed E-state index contributed by atoms with van der Waals surface area (Å²) in [6, 6.07) is 8.19. The van der Waals surface area contributed by atoms with Crippen LogP contribution in [0.1, 0.15) is 33.5 Å². The van der Waals surface area contributed by atoms with Crippen molar-refractivity contribution in [3.05, 3.63) is 69.1 Å². The second-order valence-corrected chi connectivity index (χ2v) is 7.81. The maximum atomic E-state index is 12.9. The van der Waals surface area contributed by atoms with Crippen LogP contribution in [0, 0.1) is 0 Å². The van der Waals surface area contributed by atoms with E-state index in [1.807, 2.05) is 6.07 Å². The average molecular weight is 449 g/mol. The summed E-state index contributed by atoms with van der Waals surface area (Å²) in [7, 11) is 0. The number of hydrogen-bond acceptors (Lipinski definition) is 5. The highest BCUT2D eigenvalue weighted by atomic mass is 16.5. The number of allylic oxidation sites excluding steroid dienone is 3. The summed E-state index contributed by atoms with van der Waals surface area (Å²) in [4.78, 5) is 15.5. The summed E-state index contributed by atoms with van der Waals surface area (Å²) in [6.07, 6.45) is 8.55. The van der Waals surface area contributed by atoms with Crippen molar-refractivity contribution >= 4 is 28.3 Å². The second kappa shape index (κ2) is 11.6. The fourth-order valence-corrected chi connectivity index (χ4v) is 4.24. The summed E-state index contributed by atoms with van der Waals surface area (Å²) < 4.78 is 16.2. The van der Waals surface area contributed by atoms with Gasteiger partial charge in [0.25, 0.3) is 5.91 Å². The third-order valence-electron chi connectivity index (χ3n) is 5.74. The van der Waals surface area contributed by atoms with Gasteiger partial charge in [0.2, 0.25) is 0 Å². The quantitative estimate of drug-likeness (QED) is 0.214. The molecule has 0 unspecified atom stereocenters. The second-order valence-electron chi connectivity index (χ2n) is 7.81. The van der Waals surface area contributed by atoms with Crippen molar-refractivity contribution in [2.75, 3.05) is 52.7 Å². The lowest BCUT2D eigenvalue weighted by Gasteiger charge is -2.24. The highest BCUT2D eigenvalue weighted by Crippen LogP contribution is 2.41. The lowest BCUT2D eigenvalue weighted by atomic mass is 9.80. The molecule has 4 rings (SSSR count). The number of hydrogen-bond donors (Lipinski definition) is 1. The van der Waals surface area contributed by atoms with Crippen LogP contribution >= 0.6 is 0 Å². The first-order valence-corrected chi connectivity index (χ1v) is 11.3. The Morgan fingerprint density at radius 3 is 2.61 bits per heavy atom. The van der Waals surface area contributed by atoms with Crippen LogP contribution < -0.4 is 5.32 Å². The molecule has 172 valence electrons. The molecule has 2 aromatic rings. The zero-order chi connectivity index (χ0) is 22.9. The van der Waals surface area contributed by atoms with Crippen molar-refractivity contribution in [2.45, 2.75) is 12.8 Å². The lowest BCUT2D eigenvalue weighted by Crippen LogP contribution is -2.28. The van der Waals surface area contributed by atoms with E-state index in [1.165, 1.54) is 27.6 Å². The fraction of sp³-hybridized carbons (Fsp3) is 0.400. The zero-order valence-electron chi connectivity index (χ0n) is 18.6. The zero-order valence-corrected chi connectivity index (χ0v) is 18.6. The minimum absolute atomic E-state index is 0.0818. The number of azide groups is 1. The Morgan fingerprint density at radius 1 is 1.00 bits per heavy atom. The highest BCUT2D eigenvalue weighted by Gasteiger charge is 2.22. The van der Waals surface area contributed by atoms with Gasteiger partial charge in [0, 0.05) is 23.6 Å². The van der Waals surface area contributed by atoms with Crippen LogP contribution in [0.15, 0.2) is 41.5 Å². The molecule has 0 heterocycles. The van der Waals surface area contributed by atoms with Crippen LogP contribution in [0.25, 0.3) is 32.9 Å². The van der Waals surface area contributed by atoms with E-state index in [0.29, 0.717) is 58.3 Å². The van der Waals surface area contributed by atoms with Gasteiger partial charge in [-0.25, -0.2) is 0 Å². The first kappa shape index (κ1) is 23.0. The smallest absolute Gasteiger partial charge is 0.251 e. The fourth-order valence-electron chi connectivity index (χ4n) is 4.24. The first-order valence-electron chi connectivity index (χ1n) is 11.3. The van der Waals surface area contributed by atoms with E-state index in [2.05, 4.69) is 51.8 Å². The van der Waals surface area contributed by atoms with E-state index < -0.39 is 0 Å². The molecule has 33 heavy (non-hydrogen) atoms. The van der Waals surface area contributed by atoms with Gasteiger partial charge in [-0.05, 0) is 57.5 Å². The topological polar surface area (TPSA) is 106 Å². The Balaban J connectivity index is 1.21. The first-order chi connectivity index (χ1) is 16.3. The van der Waals surface area contributed by atoms with Gasteiger partial charge in [0.15, 0.2) is 0 Å². The van der Waals surface area contributed by atoms with Gasteiger partial charge >= 0.3 is 0 Å². The number of rotatable bonds is 13. The van der Waals surface area contributed by atoms with Crippen molar-refractivity contribution in [3.8, 4) is 0 Å². The van der Waals surface area contributed by atoms with Crippen molar-refractivity contribution in [1.29, 1.82) is 0 Å². The number of ether oxygens (including phenoxy) is 3. The molecule has 2 aliphatic carbocycles. The number of nitrogens with one attached hydrogen (secondary N) is 1. The molecular formula is C25H28N4O4. The minimum Gasteiger partial charge on any atom is -0.379 e. The van der Waals surface area contributed by atoms with Crippen LogP contribution in [0.4, 0.5) is 0 Å². The van der Waals surface area contributed by atoms with Crippen molar-refractivity contribution in [2.24, 2.45) is 5.11 Å². The van der Waals surface area contributed by atoms with Gasteiger partial charge in [-0.1, -0.05) is 41.5 Å². The number of carbonyl (C=O) groups is 1. The maximum Gasteiger partial charge on any atom is 0.251 e. The number of nitrogens with zero attached hydrogens (tertiary/aromatic N) is 3. The molecule has 0 radical (unpaired) electrons. The van der Waals surface area contributed by atoms with E-state index in [4.69, 9.17) is 19.7 Å². The van der Waals surface area contributed by atoms with E-state index in [-0.39, 0.29) is 5.91 Å². The van der Waals surface area contributed by atoms with Crippen molar-refractivity contribution in [3.63, 3.8) is 0 Å². The number of benzene rings is 2. The van der Waals surface area contributed by atoms with Crippen LogP contribution in [-0.4, -0.2) is 58.6 Å². The third kappa shape index (κ3) is 5.61. The molecule has 1 N–H and O–H groups in total. The van der Waals surface area contributed by atoms with E-state index in [0.717, 1.165) is 18.2 Å². The Kier molecular flexibility index (Phi) is 8.11. The molecule has 0 saturated heterocycles. The van der Waals surface area contributed by atoms with Gasteiger partial charge < -0.3 is 19.5 Å². The Morgan fingerprint density at radius 2 is 1.79 bits per heavy atom. The molecule has 0 bridgehead atoms. The van der Waals surface area contributed by atoms with Gasteiger partial charge in [-0.15, -0.1) is 0 Å². The maximum absolute atomic E-state index is 12.9. The summed E-state index contributed by atoms with van der Waals surface area (Å²) in [5, 5.41) is 8.58. The van der Waals surface area contributed by atoms with E-state index in [9.17, 15) is 4.79 Å².